The van der Waals surface area contributed by atoms with E-state index in [4.69, 9.17) is 21.8 Å². The van der Waals surface area contributed by atoms with Gasteiger partial charge in [-0.05, 0) is 12.8 Å². The van der Waals surface area contributed by atoms with E-state index in [1.54, 1.807) is 0 Å². The monoisotopic (exact) mass is 261 g/mol. The minimum atomic E-state index is -0.423. The van der Waals surface area contributed by atoms with Gasteiger partial charge in [-0.25, -0.2) is 4.68 Å². The van der Waals surface area contributed by atoms with Crippen molar-refractivity contribution >= 4 is 17.3 Å². The number of hydrogen-bond acceptors (Lipinski definition) is 5. The first-order valence-corrected chi connectivity index (χ1v) is 5.79. The minimum absolute atomic E-state index is 0.0671. The molecule has 0 unspecified atom stereocenters. The van der Waals surface area contributed by atoms with Gasteiger partial charge in [0.25, 0.3) is 5.56 Å². The number of hydrogen-bond donors (Lipinski definition) is 3. The highest BCUT2D eigenvalue weighted by Gasteiger charge is 2.08. The highest BCUT2D eigenvalue weighted by Crippen LogP contribution is 2.14. The van der Waals surface area contributed by atoms with Gasteiger partial charge in [0.15, 0.2) is 0 Å². The molecule has 0 aliphatic carbocycles. The van der Waals surface area contributed by atoms with Gasteiger partial charge < -0.3 is 15.5 Å². The Labute approximate surface area is 104 Å². The predicted molar refractivity (Wildman–Crippen MR) is 65.4 cm³/mol. The van der Waals surface area contributed by atoms with Crippen LogP contribution < -0.4 is 10.9 Å². The largest absolute Gasteiger partial charge is 0.396 e. The number of halogens is 1. The Morgan fingerprint density at radius 2 is 2.12 bits per heavy atom. The SMILES string of the molecule is O=c1c(Cl)c(NCCCCO)cnn1CCO. The van der Waals surface area contributed by atoms with Crippen molar-refractivity contribution in [2.45, 2.75) is 19.4 Å². The molecule has 1 rings (SSSR count). The van der Waals surface area contributed by atoms with E-state index in [0.29, 0.717) is 18.7 Å². The Bertz CT molecular complexity index is 408. The van der Waals surface area contributed by atoms with E-state index in [9.17, 15) is 4.79 Å². The fourth-order valence-electron chi connectivity index (χ4n) is 1.30. The summed E-state index contributed by atoms with van der Waals surface area (Å²) in [7, 11) is 0. The lowest BCUT2D eigenvalue weighted by molar-refractivity contribution is 0.266. The fraction of sp³-hybridized carbons (Fsp3) is 0.600. The average molecular weight is 262 g/mol. The summed E-state index contributed by atoms with van der Waals surface area (Å²) in [4.78, 5) is 11.6. The van der Waals surface area contributed by atoms with Crippen molar-refractivity contribution in [2.24, 2.45) is 0 Å². The van der Waals surface area contributed by atoms with E-state index < -0.39 is 5.56 Å². The molecule has 0 aromatic carbocycles. The van der Waals surface area contributed by atoms with E-state index in [0.717, 1.165) is 11.1 Å². The van der Waals surface area contributed by atoms with Crippen LogP contribution in [0.3, 0.4) is 0 Å². The molecule has 0 atom stereocenters. The van der Waals surface area contributed by atoms with Crippen LogP contribution in [0.4, 0.5) is 5.69 Å². The molecule has 0 fully saturated rings. The lowest BCUT2D eigenvalue weighted by Gasteiger charge is -2.09. The molecule has 0 amide bonds. The second-order valence-corrected chi connectivity index (χ2v) is 3.86. The number of unbranched alkanes of at least 4 members (excludes halogenated alkanes) is 1. The van der Waals surface area contributed by atoms with Crippen LogP contribution in [0.15, 0.2) is 11.0 Å². The number of aliphatic hydroxyl groups is 2. The molecule has 0 spiro atoms. The Morgan fingerprint density at radius 3 is 2.76 bits per heavy atom. The highest BCUT2D eigenvalue weighted by molar-refractivity contribution is 6.32. The molecule has 0 bridgehead atoms. The van der Waals surface area contributed by atoms with Crippen LogP contribution in [0.1, 0.15) is 12.8 Å². The van der Waals surface area contributed by atoms with Crippen molar-refractivity contribution in [2.75, 3.05) is 25.1 Å². The number of nitrogens with zero attached hydrogens (tertiary/aromatic N) is 2. The van der Waals surface area contributed by atoms with Crippen molar-refractivity contribution in [3.05, 3.63) is 21.6 Å². The number of anilines is 1. The maximum Gasteiger partial charge on any atom is 0.287 e. The standard InChI is InChI=1S/C10H16ClN3O3/c11-9-8(12-3-1-2-5-15)7-13-14(4-6-16)10(9)17/h7,12,15-16H,1-6H2. The zero-order valence-corrected chi connectivity index (χ0v) is 10.2. The molecule has 96 valence electrons. The van der Waals surface area contributed by atoms with Crippen LogP contribution in [0.5, 0.6) is 0 Å². The van der Waals surface area contributed by atoms with Gasteiger partial charge in [0.2, 0.25) is 0 Å². The molecule has 7 heteroatoms. The van der Waals surface area contributed by atoms with Crippen LogP contribution >= 0.6 is 11.6 Å². The lowest BCUT2D eigenvalue weighted by atomic mass is 10.3. The maximum atomic E-state index is 11.6. The molecule has 3 N–H and O–H groups in total. The molecule has 0 saturated carbocycles. The Morgan fingerprint density at radius 1 is 1.35 bits per heavy atom. The lowest BCUT2D eigenvalue weighted by Crippen LogP contribution is -2.25. The maximum absolute atomic E-state index is 11.6. The number of aliphatic hydroxyl groups excluding tert-OH is 2. The Hall–Kier alpha value is -1.11. The second-order valence-electron chi connectivity index (χ2n) is 3.48. The van der Waals surface area contributed by atoms with Crippen LogP contribution in [0.2, 0.25) is 5.02 Å². The molecular formula is C10H16ClN3O3. The summed E-state index contributed by atoms with van der Waals surface area (Å²) in [5.41, 5.74) is 0.0525. The molecule has 6 nitrogen and oxygen atoms in total. The summed E-state index contributed by atoms with van der Waals surface area (Å²) in [6.45, 7) is 0.729. The van der Waals surface area contributed by atoms with Crippen molar-refractivity contribution in [3.63, 3.8) is 0 Å². The quantitative estimate of drug-likeness (QED) is 0.605. The van der Waals surface area contributed by atoms with Crippen molar-refractivity contribution in [3.8, 4) is 0 Å². The van der Waals surface area contributed by atoms with Crippen LogP contribution in [0.25, 0.3) is 0 Å². The summed E-state index contributed by atoms with van der Waals surface area (Å²) < 4.78 is 1.11. The van der Waals surface area contributed by atoms with Crippen LogP contribution in [-0.4, -0.2) is 39.8 Å². The van der Waals surface area contributed by atoms with E-state index in [1.807, 2.05) is 0 Å². The molecule has 0 saturated heterocycles. The van der Waals surface area contributed by atoms with Gasteiger partial charge in [-0.15, -0.1) is 0 Å². The molecule has 1 aromatic rings. The van der Waals surface area contributed by atoms with Gasteiger partial charge in [-0.3, -0.25) is 4.79 Å². The van der Waals surface area contributed by atoms with Gasteiger partial charge in [-0.2, -0.15) is 5.10 Å². The van der Waals surface area contributed by atoms with Crippen LogP contribution in [-0.2, 0) is 6.54 Å². The van der Waals surface area contributed by atoms with Gasteiger partial charge in [0.1, 0.15) is 5.02 Å². The first kappa shape index (κ1) is 14.0. The van der Waals surface area contributed by atoms with Crippen molar-refractivity contribution in [1.82, 2.24) is 9.78 Å². The molecular weight excluding hydrogens is 246 g/mol. The molecule has 0 aliphatic rings. The summed E-state index contributed by atoms with van der Waals surface area (Å²) >= 11 is 5.88. The third kappa shape index (κ3) is 3.99. The highest BCUT2D eigenvalue weighted by atomic mass is 35.5. The third-order valence-corrected chi connectivity index (χ3v) is 2.56. The third-order valence-electron chi connectivity index (χ3n) is 2.20. The van der Waals surface area contributed by atoms with E-state index >= 15 is 0 Å². The summed E-state index contributed by atoms with van der Waals surface area (Å²) in [5, 5.41) is 24.3. The van der Waals surface area contributed by atoms with E-state index in [2.05, 4.69) is 10.4 Å². The van der Waals surface area contributed by atoms with E-state index in [1.165, 1.54) is 6.20 Å². The minimum Gasteiger partial charge on any atom is -0.396 e. The van der Waals surface area contributed by atoms with E-state index in [-0.39, 0.29) is 24.8 Å². The summed E-state index contributed by atoms with van der Waals surface area (Å²) in [6.07, 6.45) is 2.94. The zero-order chi connectivity index (χ0) is 12.7. The predicted octanol–water partition coefficient (Wildman–Crippen LogP) is 0.0734. The number of nitrogens with one attached hydrogen (secondary N) is 1. The molecule has 17 heavy (non-hydrogen) atoms. The summed E-state index contributed by atoms with van der Waals surface area (Å²) in [5.74, 6) is 0. The fourth-order valence-corrected chi connectivity index (χ4v) is 1.52. The van der Waals surface area contributed by atoms with Gasteiger partial charge in [0.05, 0.1) is 25.0 Å². The molecule has 1 heterocycles. The van der Waals surface area contributed by atoms with Crippen LogP contribution in [0, 0.1) is 0 Å². The number of rotatable bonds is 7. The molecule has 0 aliphatic heterocycles. The van der Waals surface area contributed by atoms with Gasteiger partial charge >= 0.3 is 0 Å². The summed E-state index contributed by atoms with van der Waals surface area (Å²) in [6, 6.07) is 0. The van der Waals surface area contributed by atoms with Gasteiger partial charge in [0, 0.05) is 13.2 Å². The normalized spacial score (nSPS) is 10.5. The Kier molecular flexibility index (Phi) is 5.96. The number of aromatic nitrogens is 2. The first-order chi connectivity index (χ1) is 8.20. The molecule has 0 radical (unpaired) electrons. The van der Waals surface area contributed by atoms with Crippen molar-refractivity contribution < 1.29 is 10.2 Å². The topological polar surface area (TPSA) is 87.4 Å². The second kappa shape index (κ2) is 7.26. The molecule has 1 aromatic heterocycles. The van der Waals surface area contributed by atoms with Gasteiger partial charge in [-0.1, -0.05) is 11.6 Å². The van der Waals surface area contributed by atoms with Crippen molar-refractivity contribution in [1.29, 1.82) is 0 Å². The Balaban J connectivity index is 2.68. The first-order valence-electron chi connectivity index (χ1n) is 5.42. The average Bonchev–Trinajstić information content (AvgIpc) is 2.33. The zero-order valence-electron chi connectivity index (χ0n) is 9.40. The smallest absolute Gasteiger partial charge is 0.287 e.